The van der Waals surface area contributed by atoms with E-state index in [9.17, 15) is 12.9 Å². The SMILES string of the molecule is COC(C)(C)CCOc1ccc([B-](F)(F)F)cc1C. The van der Waals surface area contributed by atoms with Crippen LogP contribution in [0.15, 0.2) is 18.2 Å². The molecule has 0 bridgehead atoms. The highest BCUT2D eigenvalue weighted by atomic mass is 19.4. The Labute approximate surface area is 112 Å². The molecule has 2 nitrogen and oxygen atoms in total. The Balaban J connectivity index is 2.66. The van der Waals surface area contributed by atoms with Crippen LogP contribution in [0.5, 0.6) is 5.75 Å². The minimum absolute atomic E-state index is 0.303. The van der Waals surface area contributed by atoms with Crippen molar-refractivity contribution in [2.45, 2.75) is 32.8 Å². The van der Waals surface area contributed by atoms with E-state index in [2.05, 4.69) is 0 Å². The van der Waals surface area contributed by atoms with Gasteiger partial charge in [-0.05, 0) is 32.4 Å². The van der Waals surface area contributed by atoms with Crippen LogP contribution in [0.25, 0.3) is 0 Å². The molecule has 0 amide bonds. The third-order valence-electron chi connectivity index (χ3n) is 3.09. The predicted octanol–water partition coefficient (Wildman–Crippen LogP) is 3.24. The second-order valence-corrected chi connectivity index (χ2v) is 5.16. The minimum Gasteiger partial charge on any atom is -0.493 e. The summed E-state index contributed by atoms with van der Waals surface area (Å²) in [6.45, 7) is 0.919. The van der Waals surface area contributed by atoms with Gasteiger partial charge >= 0.3 is 6.98 Å². The maximum atomic E-state index is 12.6. The van der Waals surface area contributed by atoms with Crippen LogP contribution < -0.4 is 10.2 Å². The van der Waals surface area contributed by atoms with Gasteiger partial charge in [-0.3, -0.25) is 0 Å². The van der Waals surface area contributed by atoms with E-state index in [4.69, 9.17) is 9.47 Å². The monoisotopic (exact) mass is 275 g/mol. The van der Waals surface area contributed by atoms with Crippen molar-refractivity contribution in [3.63, 3.8) is 0 Å². The van der Waals surface area contributed by atoms with Crippen molar-refractivity contribution in [1.82, 2.24) is 0 Å². The molecule has 1 aromatic carbocycles. The molecule has 0 N–H and O–H groups in total. The highest BCUT2D eigenvalue weighted by Gasteiger charge is 2.25. The highest BCUT2D eigenvalue weighted by molar-refractivity contribution is 6.73. The normalized spacial score (nSPS) is 12.6. The van der Waals surface area contributed by atoms with Gasteiger partial charge in [0, 0.05) is 13.5 Å². The van der Waals surface area contributed by atoms with Crippen LogP contribution in [0.3, 0.4) is 0 Å². The van der Waals surface area contributed by atoms with Gasteiger partial charge in [-0.2, -0.15) is 0 Å². The third kappa shape index (κ3) is 4.78. The molecular formula is C13H19BF3O2-. The van der Waals surface area contributed by atoms with Gasteiger partial charge in [-0.25, -0.2) is 0 Å². The molecule has 0 spiro atoms. The van der Waals surface area contributed by atoms with Gasteiger partial charge in [0.1, 0.15) is 5.75 Å². The average Bonchev–Trinajstić information content (AvgIpc) is 2.30. The van der Waals surface area contributed by atoms with E-state index < -0.39 is 12.4 Å². The van der Waals surface area contributed by atoms with Crippen molar-refractivity contribution in [2.75, 3.05) is 13.7 Å². The number of rotatable bonds is 6. The van der Waals surface area contributed by atoms with Crippen LogP contribution in [0.4, 0.5) is 12.9 Å². The van der Waals surface area contributed by atoms with E-state index in [1.807, 2.05) is 13.8 Å². The molecule has 19 heavy (non-hydrogen) atoms. The van der Waals surface area contributed by atoms with Crippen LogP contribution in [0, 0.1) is 6.92 Å². The summed E-state index contributed by atoms with van der Waals surface area (Å²) in [5, 5.41) is 0. The summed E-state index contributed by atoms with van der Waals surface area (Å²) >= 11 is 0. The number of methoxy groups -OCH3 is 1. The van der Waals surface area contributed by atoms with Gasteiger partial charge in [0.15, 0.2) is 0 Å². The number of ether oxygens (including phenoxy) is 2. The van der Waals surface area contributed by atoms with E-state index in [1.54, 1.807) is 14.0 Å². The van der Waals surface area contributed by atoms with Crippen molar-refractivity contribution >= 4 is 12.4 Å². The van der Waals surface area contributed by atoms with Crippen LogP contribution in [0.2, 0.25) is 0 Å². The smallest absolute Gasteiger partial charge is 0.493 e. The number of hydrogen-bond donors (Lipinski definition) is 0. The van der Waals surface area contributed by atoms with Gasteiger partial charge in [-0.15, -0.1) is 5.46 Å². The standard InChI is InChI=1S/C13H19BF3O2/c1-10-9-11(14(15,16)17)5-6-12(10)19-8-7-13(2,3)18-4/h5-6,9H,7-8H2,1-4H3/q-1. The summed E-state index contributed by atoms with van der Waals surface area (Å²) in [4.78, 5) is 0. The molecule has 0 aliphatic rings. The quantitative estimate of drug-likeness (QED) is 0.742. The van der Waals surface area contributed by atoms with Gasteiger partial charge in [0.2, 0.25) is 0 Å². The van der Waals surface area contributed by atoms with E-state index in [0.29, 0.717) is 24.3 Å². The number of aryl methyl sites for hydroxylation is 1. The van der Waals surface area contributed by atoms with Crippen molar-refractivity contribution < 1.29 is 22.4 Å². The van der Waals surface area contributed by atoms with Crippen LogP contribution in [-0.2, 0) is 4.74 Å². The van der Waals surface area contributed by atoms with Crippen molar-refractivity contribution in [2.24, 2.45) is 0 Å². The lowest BCUT2D eigenvalue weighted by molar-refractivity contribution is 0.00540. The van der Waals surface area contributed by atoms with E-state index in [0.717, 1.165) is 12.1 Å². The molecule has 0 aliphatic carbocycles. The van der Waals surface area contributed by atoms with Gasteiger partial charge < -0.3 is 22.4 Å². The zero-order valence-corrected chi connectivity index (χ0v) is 11.7. The summed E-state index contributed by atoms with van der Waals surface area (Å²) in [6.07, 6.45) is 0.661. The predicted molar refractivity (Wildman–Crippen MR) is 71.1 cm³/mol. The first-order valence-corrected chi connectivity index (χ1v) is 6.14. The van der Waals surface area contributed by atoms with Gasteiger partial charge in [0.05, 0.1) is 12.2 Å². The molecule has 1 aromatic rings. The zero-order valence-electron chi connectivity index (χ0n) is 11.7. The zero-order chi connectivity index (χ0) is 14.7. The molecule has 0 heterocycles. The molecule has 0 fully saturated rings. The topological polar surface area (TPSA) is 18.5 Å². The van der Waals surface area contributed by atoms with Crippen LogP contribution in [-0.4, -0.2) is 26.3 Å². The molecule has 108 valence electrons. The maximum Gasteiger partial charge on any atom is 0.509 e. The van der Waals surface area contributed by atoms with Crippen molar-refractivity contribution in [3.8, 4) is 5.75 Å². The van der Waals surface area contributed by atoms with E-state index in [1.165, 1.54) is 6.07 Å². The number of hydrogen-bond acceptors (Lipinski definition) is 2. The number of halogens is 3. The first kappa shape index (κ1) is 15.9. The fraction of sp³-hybridized carbons (Fsp3) is 0.538. The lowest BCUT2D eigenvalue weighted by Crippen LogP contribution is -2.34. The molecule has 0 aromatic heterocycles. The summed E-state index contributed by atoms with van der Waals surface area (Å²) in [6, 6.07) is 3.56. The molecule has 1 rings (SSSR count). The molecular weight excluding hydrogens is 256 g/mol. The molecule has 0 radical (unpaired) electrons. The second kappa shape index (κ2) is 5.86. The van der Waals surface area contributed by atoms with E-state index >= 15 is 0 Å². The first-order chi connectivity index (χ1) is 8.65. The van der Waals surface area contributed by atoms with Crippen molar-refractivity contribution in [3.05, 3.63) is 23.8 Å². The summed E-state index contributed by atoms with van der Waals surface area (Å²) in [5.41, 5.74) is -0.405. The van der Waals surface area contributed by atoms with Crippen molar-refractivity contribution in [1.29, 1.82) is 0 Å². The second-order valence-electron chi connectivity index (χ2n) is 5.16. The Morgan fingerprint density at radius 1 is 1.21 bits per heavy atom. The summed E-state index contributed by atoms with van der Waals surface area (Å²) in [5.74, 6) is 0.482. The van der Waals surface area contributed by atoms with Gasteiger partial charge in [0.25, 0.3) is 0 Å². The fourth-order valence-electron chi connectivity index (χ4n) is 1.55. The Bertz CT molecular complexity index is 430. The Kier molecular flexibility index (Phi) is 4.90. The first-order valence-electron chi connectivity index (χ1n) is 6.14. The Hall–Kier alpha value is -1.17. The van der Waals surface area contributed by atoms with Gasteiger partial charge in [-0.1, -0.05) is 12.1 Å². The Morgan fingerprint density at radius 2 is 1.84 bits per heavy atom. The molecule has 0 unspecified atom stereocenters. The molecule has 6 heteroatoms. The largest absolute Gasteiger partial charge is 0.509 e. The Morgan fingerprint density at radius 3 is 2.32 bits per heavy atom. The lowest BCUT2D eigenvalue weighted by Gasteiger charge is -2.23. The van der Waals surface area contributed by atoms with E-state index in [-0.39, 0.29) is 5.60 Å². The fourth-order valence-corrected chi connectivity index (χ4v) is 1.55. The highest BCUT2D eigenvalue weighted by Crippen LogP contribution is 2.20. The average molecular weight is 275 g/mol. The molecule has 0 saturated heterocycles. The summed E-state index contributed by atoms with van der Waals surface area (Å²) < 4.78 is 48.4. The maximum absolute atomic E-state index is 12.6. The third-order valence-corrected chi connectivity index (χ3v) is 3.09. The molecule has 0 aliphatic heterocycles. The molecule has 0 saturated carbocycles. The molecule has 0 atom stereocenters. The van der Waals surface area contributed by atoms with Crippen LogP contribution >= 0.6 is 0 Å². The van der Waals surface area contributed by atoms with Crippen LogP contribution in [0.1, 0.15) is 25.8 Å². The minimum atomic E-state index is -4.95. The number of benzene rings is 1. The lowest BCUT2D eigenvalue weighted by atomic mass is 9.79. The summed E-state index contributed by atoms with van der Waals surface area (Å²) in [7, 11) is 1.62.